The van der Waals surface area contributed by atoms with Crippen LogP contribution in [-0.2, 0) is 32.7 Å². The zero-order valence-corrected chi connectivity index (χ0v) is 9.64. The smallest absolute Gasteiger partial charge is 0 e. The van der Waals surface area contributed by atoms with E-state index in [2.05, 4.69) is 27.3 Å². The van der Waals surface area contributed by atoms with Crippen LogP contribution in [0.15, 0.2) is 30.7 Å². The molecule has 0 fully saturated rings. The quantitative estimate of drug-likeness (QED) is 0.706. The standard InChI is InChI=1S/C9H5N3.Y/c1-3-8(7-10-5-1)9-4-2-6-11-12-9;/h1-2,5-7H;/q-2;. The minimum absolute atomic E-state index is 0. The molecular formula is C9H5N3Y-2. The Kier molecular flexibility index (Phi) is 4.12. The molecule has 0 aliphatic rings. The van der Waals surface area contributed by atoms with E-state index in [1.165, 1.54) is 0 Å². The predicted molar refractivity (Wildman–Crippen MR) is 42.9 cm³/mol. The third kappa shape index (κ3) is 2.64. The molecule has 3 nitrogen and oxygen atoms in total. The van der Waals surface area contributed by atoms with Gasteiger partial charge in [-0.1, -0.05) is 12.4 Å². The fraction of sp³-hybridized carbons (Fsp3) is 0. The van der Waals surface area contributed by atoms with Crippen LogP contribution in [0.2, 0.25) is 0 Å². The minimum Gasteiger partial charge on any atom is -0.373 e. The zero-order valence-electron chi connectivity index (χ0n) is 6.81. The van der Waals surface area contributed by atoms with Crippen molar-refractivity contribution in [2.45, 2.75) is 0 Å². The molecule has 13 heavy (non-hydrogen) atoms. The molecule has 1 radical (unpaired) electrons. The van der Waals surface area contributed by atoms with E-state index in [1.807, 2.05) is 0 Å². The number of aromatic nitrogens is 3. The summed E-state index contributed by atoms with van der Waals surface area (Å²) in [7, 11) is 0. The Morgan fingerprint density at radius 2 is 1.92 bits per heavy atom. The van der Waals surface area contributed by atoms with Gasteiger partial charge in [-0.05, 0) is 0 Å². The Morgan fingerprint density at radius 1 is 1.08 bits per heavy atom. The largest absolute Gasteiger partial charge is 0.373 e. The molecule has 0 aliphatic carbocycles. The van der Waals surface area contributed by atoms with Crippen molar-refractivity contribution in [3.63, 3.8) is 0 Å². The Balaban J connectivity index is 0.000000845. The number of nitrogens with zero attached hydrogens (tertiary/aromatic N) is 3. The van der Waals surface area contributed by atoms with Crippen molar-refractivity contribution in [2.24, 2.45) is 0 Å². The first-order valence-electron chi connectivity index (χ1n) is 3.48. The summed E-state index contributed by atoms with van der Waals surface area (Å²) in [5.74, 6) is 0. The third-order valence-corrected chi connectivity index (χ3v) is 1.38. The fourth-order valence-corrected chi connectivity index (χ4v) is 0.856. The molecule has 0 saturated carbocycles. The number of hydrogen-bond donors (Lipinski definition) is 0. The summed E-state index contributed by atoms with van der Waals surface area (Å²) in [4.78, 5) is 3.94. The van der Waals surface area contributed by atoms with Crippen molar-refractivity contribution in [3.8, 4) is 11.3 Å². The second kappa shape index (κ2) is 5.15. The summed E-state index contributed by atoms with van der Waals surface area (Å²) in [5, 5.41) is 7.60. The first-order chi connectivity index (χ1) is 5.97. The third-order valence-electron chi connectivity index (χ3n) is 1.38. The van der Waals surface area contributed by atoms with Gasteiger partial charge in [0, 0.05) is 32.7 Å². The van der Waals surface area contributed by atoms with Crippen molar-refractivity contribution in [1.82, 2.24) is 15.2 Å². The van der Waals surface area contributed by atoms with Gasteiger partial charge < -0.3 is 4.98 Å². The molecule has 0 spiro atoms. The van der Waals surface area contributed by atoms with Gasteiger partial charge >= 0.3 is 0 Å². The molecule has 0 amide bonds. The average molecular weight is 244 g/mol. The van der Waals surface area contributed by atoms with E-state index in [4.69, 9.17) is 0 Å². The van der Waals surface area contributed by atoms with Gasteiger partial charge in [-0.15, -0.1) is 18.0 Å². The van der Waals surface area contributed by atoms with Crippen molar-refractivity contribution in [3.05, 3.63) is 42.9 Å². The maximum Gasteiger partial charge on any atom is 0 e. The van der Waals surface area contributed by atoms with Crippen LogP contribution in [0.4, 0.5) is 0 Å². The van der Waals surface area contributed by atoms with Gasteiger partial charge in [0.05, 0.1) is 0 Å². The molecule has 0 unspecified atom stereocenters. The van der Waals surface area contributed by atoms with Gasteiger partial charge in [-0.3, -0.25) is 0 Å². The van der Waals surface area contributed by atoms with Crippen LogP contribution in [0.5, 0.6) is 0 Å². The van der Waals surface area contributed by atoms with Crippen LogP contribution in [0.3, 0.4) is 0 Å². The summed E-state index contributed by atoms with van der Waals surface area (Å²) in [6.45, 7) is 0. The van der Waals surface area contributed by atoms with Gasteiger partial charge in [0.2, 0.25) is 0 Å². The molecule has 4 heteroatoms. The number of pyridine rings is 1. The van der Waals surface area contributed by atoms with E-state index in [-0.39, 0.29) is 32.7 Å². The zero-order chi connectivity index (χ0) is 8.23. The van der Waals surface area contributed by atoms with Gasteiger partial charge in [0.25, 0.3) is 0 Å². The monoisotopic (exact) mass is 244 g/mol. The first-order valence-corrected chi connectivity index (χ1v) is 3.48. The Labute approximate surface area is 101 Å². The molecule has 0 N–H and O–H groups in total. The van der Waals surface area contributed by atoms with Crippen LogP contribution in [-0.4, -0.2) is 15.2 Å². The Bertz CT molecular complexity index is 312. The molecule has 2 aromatic heterocycles. The van der Waals surface area contributed by atoms with Crippen molar-refractivity contribution < 1.29 is 32.7 Å². The average Bonchev–Trinajstić information content (AvgIpc) is 2.21. The van der Waals surface area contributed by atoms with Crippen LogP contribution in [0.25, 0.3) is 11.3 Å². The fourth-order valence-electron chi connectivity index (χ4n) is 0.856. The minimum atomic E-state index is 0. The molecule has 0 aromatic carbocycles. The normalized spacial score (nSPS) is 8.92. The van der Waals surface area contributed by atoms with Gasteiger partial charge in [0.1, 0.15) is 0 Å². The molecule has 61 valence electrons. The van der Waals surface area contributed by atoms with Crippen LogP contribution < -0.4 is 0 Å². The van der Waals surface area contributed by atoms with E-state index in [9.17, 15) is 0 Å². The molecule has 0 aliphatic heterocycles. The summed E-state index contributed by atoms with van der Waals surface area (Å²) in [6.07, 6.45) is 4.93. The summed E-state index contributed by atoms with van der Waals surface area (Å²) in [6, 6.07) is 9.37. The summed E-state index contributed by atoms with van der Waals surface area (Å²) in [5.41, 5.74) is 1.48. The van der Waals surface area contributed by atoms with Gasteiger partial charge in [0.15, 0.2) is 0 Å². The maximum atomic E-state index is 3.94. The SMILES string of the molecule is [Y].[c-]1ccncc1-c1[c-]ccnn1. The van der Waals surface area contributed by atoms with E-state index in [0.29, 0.717) is 5.69 Å². The maximum absolute atomic E-state index is 3.94. The molecule has 0 bridgehead atoms. The second-order valence-corrected chi connectivity index (χ2v) is 2.18. The van der Waals surface area contributed by atoms with Gasteiger partial charge in [-0.2, -0.15) is 6.07 Å². The summed E-state index contributed by atoms with van der Waals surface area (Å²) >= 11 is 0. The first kappa shape index (κ1) is 10.4. The molecule has 2 heterocycles. The molecule has 0 atom stereocenters. The van der Waals surface area contributed by atoms with Crippen LogP contribution in [0.1, 0.15) is 0 Å². The van der Waals surface area contributed by atoms with Crippen molar-refractivity contribution in [1.29, 1.82) is 0 Å². The predicted octanol–water partition coefficient (Wildman–Crippen LogP) is 1.14. The van der Waals surface area contributed by atoms with Crippen molar-refractivity contribution in [2.75, 3.05) is 0 Å². The molecule has 2 rings (SSSR count). The molecule has 0 saturated heterocycles. The summed E-state index contributed by atoms with van der Waals surface area (Å²) < 4.78 is 0. The van der Waals surface area contributed by atoms with E-state index in [1.54, 1.807) is 30.7 Å². The Morgan fingerprint density at radius 3 is 2.54 bits per heavy atom. The Hall–Kier alpha value is -0.666. The topological polar surface area (TPSA) is 38.7 Å². The number of hydrogen-bond acceptors (Lipinski definition) is 3. The van der Waals surface area contributed by atoms with Crippen LogP contribution in [0, 0.1) is 12.1 Å². The van der Waals surface area contributed by atoms with E-state index in [0.717, 1.165) is 5.56 Å². The molecular weight excluding hydrogens is 239 g/mol. The molecule has 2 aromatic rings. The van der Waals surface area contributed by atoms with Crippen molar-refractivity contribution >= 4 is 0 Å². The second-order valence-electron chi connectivity index (χ2n) is 2.18. The van der Waals surface area contributed by atoms with E-state index >= 15 is 0 Å². The number of rotatable bonds is 1. The van der Waals surface area contributed by atoms with Crippen LogP contribution >= 0.6 is 0 Å². The van der Waals surface area contributed by atoms with E-state index < -0.39 is 0 Å². The van der Waals surface area contributed by atoms with Gasteiger partial charge in [-0.25, -0.2) is 27.9 Å².